The van der Waals surface area contributed by atoms with Crippen molar-refractivity contribution in [2.75, 3.05) is 4.72 Å². The van der Waals surface area contributed by atoms with Gasteiger partial charge in [0.05, 0.1) is 28.0 Å². The molecule has 0 bridgehead atoms. The molecule has 2 aromatic heterocycles. The molecule has 0 unspecified atom stereocenters. The molecule has 6 nitrogen and oxygen atoms in total. The third kappa shape index (κ3) is 2.27. The fraction of sp³-hybridized carbons (Fsp3) is 0.167. The van der Waals surface area contributed by atoms with Crippen LogP contribution in [-0.2, 0) is 10.0 Å². The van der Waals surface area contributed by atoms with Crippen LogP contribution in [0.2, 0.25) is 0 Å². The van der Waals surface area contributed by atoms with Gasteiger partial charge in [0.25, 0.3) is 10.0 Å². The number of thiazole rings is 1. The van der Waals surface area contributed by atoms with E-state index in [0.29, 0.717) is 10.6 Å². The van der Waals surface area contributed by atoms with Gasteiger partial charge in [-0.1, -0.05) is 0 Å². The zero-order valence-electron chi connectivity index (χ0n) is 10.8. The van der Waals surface area contributed by atoms with Crippen LogP contribution in [0.25, 0.3) is 11.0 Å². The number of fused-ring (bicyclic) bond motifs is 1. The maximum absolute atomic E-state index is 12.3. The molecule has 20 heavy (non-hydrogen) atoms. The summed E-state index contributed by atoms with van der Waals surface area (Å²) >= 11 is 1.32. The molecule has 3 rings (SSSR count). The minimum absolute atomic E-state index is 0.180. The molecule has 1 aromatic carbocycles. The van der Waals surface area contributed by atoms with Crippen molar-refractivity contribution < 1.29 is 8.42 Å². The van der Waals surface area contributed by atoms with Crippen LogP contribution >= 0.6 is 11.3 Å². The zero-order valence-corrected chi connectivity index (χ0v) is 12.5. The quantitative estimate of drug-likeness (QED) is 0.778. The van der Waals surface area contributed by atoms with Crippen molar-refractivity contribution in [2.24, 2.45) is 0 Å². The normalized spacial score (nSPS) is 11.9. The Hall–Kier alpha value is -1.93. The van der Waals surface area contributed by atoms with Gasteiger partial charge in [-0.2, -0.15) is 0 Å². The second-order valence-corrected chi connectivity index (χ2v) is 7.23. The lowest BCUT2D eigenvalue weighted by atomic mass is 10.3. The number of rotatable bonds is 3. The summed E-state index contributed by atoms with van der Waals surface area (Å²) in [5, 5.41) is 0.379. The molecule has 0 fully saturated rings. The summed E-state index contributed by atoms with van der Waals surface area (Å²) in [6, 6.07) is 4.75. The summed E-state index contributed by atoms with van der Waals surface area (Å²) in [4.78, 5) is 12.3. The predicted octanol–water partition coefficient (Wildman–Crippen LogP) is 2.44. The molecular formula is C12H12N4O2S2. The van der Waals surface area contributed by atoms with E-state index in [1.807, 2.05) is 13.8 Å². The summed E-state index contributed by atoms with van der Waals surface area (Å²) < 4.78 is 27.1. The first-order valence-electron chi connectivity index (χ1n) is 5.86. The molecule has 0 aliphatic heterocycles. The lowest BCUT2D eigenvalue weighted by Crippen LogP contribution is -2.12. The lowest BCUT2D eigenvalue weighted by Gasteiger charge is -2.04. The van der Waals surface area contributed by atoms with Crippen molar-refractivity contribution in [3.8, 4) is 0 Å². The molecular weight excluding hydrogens is 296 g/mol. The van der Waals surface area contributed by atoms with Gasteiger partial charge in [0.2, 0.25) is 0 Å². The number of nitrogens with one attached hydrogen (secondary N) is 2. The average Bonchev–Trinajstić information content (AvgIpc) is 2.95. The van der Waals surface area contributed by atoms with Crippen molar-refractivity contribution in [3.05, 3.63) is 35.1 Å². The first kappa shape index (κ1) is 13.1. The summed E-state index contributed by atoms with van der Waals surface area (Å²) in [5.41, 5.74) is 2.24. The van der Waals surface area contributed by atoms with Crippen molar-refractivity contribution in [3.63, 3.8) is 0 Å². The van der Waals surface area contributed by atoms with Crippen molar-refractivity contribution in [1.29, 1.82) is 0 Å². The fourth-order valence-electron chi connectivity index (χ4n) is 1.77. The molecule has 2 heterocycles. The monoisotopic (exact) mass is 308 g/mol. The van der Waals surface area contributed by atoms with Crippen LogP contribution in [0.4, 0.5) is 5.13 Å². The maximum atomic E-state index is 12.3. The second kappa shape index (κ2) is 4.57. The summed E-state index contributed by atoms with van der Waals surface area (Å²) in [7, 11) is -3.64. The fourth-order valence-corrected chi connectivity index (χ4v) is 3.85. The van der Waals surface area contributed by atoms with Crippen LogP contribution in [0.3, 0.4) is 0 Å². The molecule has 8 heteroatoms. The summed E-state index contributed by atoms with van der Waals surface area (Å²) in [6.07, 6.45) is 1.53. The third-order valence-electron chi connectivity index (χ3n) is 2.95. The Morgan fingerprint density at radius 2 is 2.10 bits per heavy atom. The Bertz CT molecular complexity index is 860. The van der Waals surface area contributed by atoms with E-state index in [0.717, 1.165) is 16.1 Å². The highest BCUT2D eigenvalue weighted by Crippen LogP contribution is 2.24. The topological polar surface area (TPSA) is 87.7 Å². The highest BCUT2D eigenvalue weighted by atomic mass is 32.2. The van der Waals surface area contributed by atoms with Gasteiger partial charge in [0, 0.05) is 4.88 Å². The number of anilines is 1. The van der Waals surface area contributed by atoms with Crippen LogP contribution in [0, 0.1) is 13.8 Å². The first-order valence-corrected chi connectivity index (χ1v) is 8.16. The van der Waals surface area contributed by atoms with Gasteiger partial charge in [0.1, 0.15) is 0 Å². The SMILES string of the molecule is Cc1nc(NS(=O)(=O)c2ccc3nc[nH]c3c2)sc1C. The lowest BCUT2D eigenvalue weighted by molar-refractivity contribution is 0.601. The number of hydrogen-bond acceptors (Lipinski definition) is 5. The molecule has 104 valence electrons. The molecule has 0 spiro atoms. The van der Waals surface area contributed by atoms with Gasteiger partial charge in [-0.05, 0) is 32.0 Å². The minimum Gasteiger partial charge on any atom is -0.345 e. The molecule has 0 atom stereocenters. The maximum Gasteiger partial charge on any atom is 0.263 e. The number of aromatic amines is 1. The Morgan fingerprint density at radius 3 is 2.80 bits per heavy atom. The van der Waals surface area contributed by atoms with E-state index in [4.69, 9.17) is 0 Å². The van der Waals surface area contributed by atoms with Gasteiger partial charge < -0.3 is 4.98 Å². The largest absolute Gasteiger partial charge is 0.345 e. The molecule has 0 aliphatic rings. The standard InChI is InChI=1S/C12H12N4O2S2/c1-7-8(2)19-12(15-7)16-20(17,18)9-3-4-10-11(5-9)14-6-13-10/h3-6H,1-2H3,(H,13,14)(H,15,16). The van der Waals surface area contributed by atoms with Gasteiger partial charge >= 0.3 is 0 Å². The van der Waals surface area contributed by atoms with Crippen LogP contribution in [0.5, 0.6) is 0 Å². The van der Waals surface area contributed by atoms with Crippen LogP contribution in [-0.4, -0.2) is 23.4 Å². The Kier molecular flexibility index (Phi) is 2.98. The number of aryl methyl sites for hydroxylation is 2. The molecule has 0 saturated heterocycles. The van der Waals surface area contributed by atoms with Gasteiger partial charge in [0.15, 0.2) is 5.13 Å². The number of H-pyrrole nitrogens is 1. The molecule has 0 saturated carbocycles. The van der Waals surface area contributed by atoms with Crippen molar-refractivity contribution in [2.45, 2.75) is 18.7 Å². The van der Waals surface area contributed by atoms with E-state index in [2.05, 4.69) is 19.7 Å². The smallest absolute Gasteiger partial charge is 0.263 e. The van der Waals surface area contributed by atoms with E-state index in [9.17, 15) is 8.42 Å². The predicted molar refractivity (Wildman–Crippen MR) is 78.5 cm³/mol. The Balaban J connectivity index is 1.98. The third-order valence-corrected chi connectivity index (χ3v) is 5.41. The highest BCUT2D eigenvalue weighted by Gasteiger charge is 2.17. The number of sulfonamides is 1. The van der Waals surface area contributed by atoms with E-state index in [1.54, 1.807) is 12.1 Å². The number of imidazole rings is 1. The second-order valence-electron chi connectivity index (χ2n) is 4.35. The summed E-state index contributed by atoms with van der Waals surface area (Å²) in [6.45, 7) is 3.75. The average molecular weight is 308 g/mol. The van der Waals surface area contributed by atoms with Gasteiger partial charge in [-0.3, -0.25) is 4.72 Å². The Labute approximate surface area is 119 Å². The minimum atomic E-state index is -3.64. The van der Waals surface area contributed by atoms with Crippen LogP contribution < -0.4 is 4.72 Å². The highest BCUT2D eigenvalue weighted by molar-refractivity contribution is 7.93. The van der Waals surface area contributed by atoms with E-state index >= 15 is 0 Å². The molecule has 3 aromatic rings. The molecule has 0 radical (unpaired) electrons. The van der Waals surface area contributed by atoms with Crippen molar-refractivity contribution in [1.82, 2.24) is 15.0 Å². The van der Waals surface area contributed by atoms with E-state index in [1.165, 1.54) is 23.7 Å². The number of aromatic nitrogens is 3. The molecule has 0 aliphatic carbocycles. The summed E-state index contributed by atoms with van der Waals surface area (Å²) in [5.74, 6) is 0. The number of nitrogens with zero attached hydrogens (tertiary/aromatic N) is 2. The van der Waals surface area contributed by atoms with Crippen LogP contribution in [0.15, 0.2) is 29.4 Å². The van der Waals surface area contributed by atoms with Gasteiger partial charge in [-0.25, -0.2) is 18.4 Å². The van der Waals surface area contributed by atoms with E-state index in [-0.39, 0.29) is 4.90 Å². The number of benzene rings is 1. The van der Waals surface area contributed by atoms with Crippen molar-refractivity contribution >= 4 is 37.5 Å². The molecule has 0 amide bonds. The first-order chi connectivity index (χ1) is 9.45. The van der Waals surface area contributed by atoms with E-state index < -0.39 is 10.0 Å². The van der Waals surface area contributed by atoms with Crippen LogP contribution in [0.1, 0.15) is 10.6 Å². The molecule has 2 N–H and O–H groups in total. The Morgan fingerprint density at radius 1 is 1.30 bits per heavy atom. The van der Waals surface area contributed by atoms with Gasteiger partial charge in [-0.15, -0.1) is 11.3 Å². The number of hydrogen-bond donors (Lipinski definition) is 2. The zero-order chi connectivity index (χ0) is 14.3.